The van der Waals surface area contributed by atoms with Gasteiger partial charge in [0, 0.05) is 17.4 Å². The maximum Gasteiger partial charge on any atom is 0.134 e. The standard InChI is InChI=1S/C16H20FNO2.ClH/c1-2-11-8-13-14(20-11)3-4-15(19-6-5-17)16(13)12-7-10(12)9-18;/h3-4,8,10,12H,2,5-7,9,18H2,1H3;1H/t10-,12+;/m0./s1. The summed E-state index contributed by atoms with van der Waals surface area (Å²) in [5.74, 6) is 2.67. The molecule has 0 bridgehead atoms. The summed E-state index contributed by atoms with van der Waals surface area (Å²) in [4.78, 5) is 0. The molecule has 0 unspecified atom stereocenters. The highest BCUT2D eigenvalue weighted by Gasteiger charge is 2.40. The lowest BCUT2D eigenvalue weighted by atomic mass is 10.0. The smallest absolute Gasteiger partial charge is 0.134 e. The number of rotatable bonds is 6. The second kappa shape index (κ2) is 6.67. The first-order valence-electron chi connectivity index (χ1n) is 7.22. The number of nitrogens with two attached hydrogens (primary N) is 1. The molecule has 0 spiro atoms. The van der Waals surface area contributed by atoms with E-state index in [-0.39, 0.29) is 19.0 Å². The zero-order chi connectivity index (χ0) is 14.1. The van der Waals surface area contributed by atoms with Crippen molar-refractivity contribution in [3.8, 4) is 5.75 Å². The molecule has 5 heteroatoms. The van der Waals surface area contributed by atoms with Crippen LogP contribution in [0.25, 0.3) is 11.0 Å². The number of furan rings is 1. The molecule has 2 aromatic rings. The van der Waals surface area contributed by atoms with Gasteiger partial charge in [-0.15, -0.1) is 12.4 Å². The highest BCUT2D eigenvalue weighted by molar-refractivity contribution is 5.86. The lowest BCUT2D eigenvalue weighted by Crippen LogP contribution is -2.04. The first-order chi connectivity index (χ1) is 9.78. The molecule has 1 aliphatic carbocycles. The van der Waals surface area contributed by atoms with Crippen LogP contribution in [-0.4, -0.2) is 19.8 Å². The van der Waals surface area contributed by atoms with Crippen molar-refractivity contribution >= 4 is 23.4 Å². The molecular weight excluding hydrogens is 293 g/mol. The predicted molar refractivity (Wildman–Crippen MR) is 84.2 cm³/mol. The van der Waals surface area contributed by atoms with E-state index in [4.69, 9.17) is 14.9 Å². The first kappa shape index (κ1) is 16.1. The van der Waals surface area contributed by atoms with Crippen molar-refractivity contribution in [1.82, 2.24) is 0 Å². The van der Waals surface area contributed by atoms with Crippen LogP contribution in [0.4, 0.5) is 4.39 Å². The van der Waals surface area contributed by atoms with Gasteiger partial charge in [-0.3, -0.25) is 0 Å². The maximum atomic E-state index is 12.4. The van der Waals surface area contributed by atoms with Crippen LogP contribution in [0.1, 0.15) is 30.6 Å². The van der Waals surface area contributed by atoms with Crippen LogP contribution in [0.3, 0.4) is 0 Å². The van der Waals surface area contributed by atoms with Gasteiger partial charge in [-0.2, -0.15) is 0 Å². The molecule has 1 saturated carbocycles. The molecule has 1 aliphatic rings. The number of fused-ring (bicyclic) bond motifs is 1. The predicted octanol–water partition coefficient (Wildman–Crippen LogP) is 3.83. The third-order valence-electron chi connectivity index (χ3n) is 4.03. The molecule has 21 heavy (non-hydrogen) atoms. The molecule has 2 N–H and O–H groups in total. The van der Waals surface area contributed by atoms with Gasteiger partial charge in [-0.1, -0.05) is 6.92 Å². The van der Waals surface area contributed by atoms with Gasteiger partial charge >= 0.3 is 0 Å². The zero-order valence-corrected chi connectivity index (χ0v) is 12.9. The SMILES string of the molecule is CCc1cc2c([C@@H]3C[C@H]3CN)c(OCCF)ccc2o1.Cl. The van der Waals surface area contributed by atoms with Crippen LogP contribution in [-0.2, 0) is 6.42 Å². The van der Waals surface area contributed by atoms with Crippen LogP contribution in [0.5, 0.6) is 5.75 Å². The average Bonchev–Trinajstić information content (AvgIpc) is 3.13. The Bertz CT molecular complexity index is 614. The summed E-state index contributed by atoms with van der Waals surface area (Å²) in [5.41, 5.74) is 7.79. The van der Waals surface area contributed by atoms with E-state index in [1.807, 2.05) is 12.1 Å². The van der Waals surface area contributed by atoms with E-state index >= 15 is 0 Å². The quantitative estimate of drug-likeness (QED) is 0.881. The van der Waals surface area contributed by atoms with E-state index in [1.54, 1.807) is 0 Å². The van der Waals surface area contributed by atoms with Crippen molar-refractivity contribution in [3.05, 3.63) is 29.5 Å². The Morgan fingerprint density at radius 2 is 2.24 bits per heavy atom. The number of hydrogen-bond donors (Lipinski definition) is 1. The molecule has 0 aliphatic heterocycles. The minimum absolute atomic E-state index is 0. The van der Waals surface area contributed by atoms with Crippen molar-refractivity contribution in [2.45, 2.75) is 25.7 Å². The monoisotopic (exact) mass is 313 g/mol. The number of aryl methyl sites for hydroxylation is 1. The molecule has 3 nitrogen and oxygen atoms in total. The normalized spacial score (nSPS) is 20.3. The van der Waals surface area contributed by atoms with E-state index in [0.29, 0.717) is 18.4 Å². The van der Waals surface area contributed by atoms with Gasteiger partial charge in [0.1, 0.15) is 30.4 Å². The first-order valence-corrected chi connectivity index (χ1v) is 7.22. The van der Waals surface area contributed by atoms with Crippen LogP contribution in [0.2, 0.25) is 0 Å². The van der Waals surface area contributed by atoms with Gasteiger partial charge in [0.25, 0.3) is 0 Å². The molecule has 0 radical (unpaired) electrons. The molecular formula is C16H21ClFNO2. The van der Waals surface area contributed by atoms with E-state index in [2.05, 4.69) is 13.0 Å². The van der Waals surface area contributed by atoms with E-state index in [1.165, 1.54) is 0 Å². The van der Waals surface area contributed by atoms with Crippen molar-refractivity contribution in [2.75, 3.05) is 19.8 Å². The summed E-state index contributed by atoms with van der Waals surface area (Å²) >= 11 is 0. The van der Waals surface area contributed by atoms with Crippen molar-refractivity contribution < 1.29 is 13.5 Å². The van der Waals surface area contributed by atoms with Gasteiger partial charge < -0.3 is 14.9 Å². The minimum Gasteiger partial charge on any atom is -0.491 e. The van der Waals surface area contributed by atoms with Crippen molar-refractivity contribution in [2.24, 2.45) is 11.7 Å². The van der Waals surface area contributed by atoms with Crippen molar-refractivity contribution in [1.29, 1.82) is 0 Å². The summed E-state index contributed by atoms with van der Waals surface area (Å²) < 4.78 is 23.8. The Balaban J connectivity index is 0.00000161. The summed E-state index contributed by atoms with van der Waals surface area (Å²) in [6.07, 6.45) is 1.94. The molecule has 3 rings (SSSR count). The summed E-state index contributed by atoms with van der Waals surface area (Å²) in [6, 6.07) is 5.88. The highest BCUT2D eigenvalue weighted by Crippen LogP contribution is 2.52. The Labute approximate surface area is 130 Å². The number of halogens is 2. The largest absolute Gasteiger partial charge is 0.491 e. The van der Waals surface area contributed by atoms with Gasteiger partial charge in [-0.05, 0) is 43.0 Å². The maximum absolute atomic E-state index is 12.4. The van der Waals surface area contributed by atoms with E-state index < -0.39 is 6.67 Å². The van der Waals surface area contributed by atoms with Crippen molar-refractivity contribution in [3.63, 3.8) is 0 Å². The molecule has 1 heterocycles. The molecule has 2 atom stereocenters. The Hall–Kier alpha value is -1.26. The third kappa shape index (κ3) is 3.01. The van der Waals surface area contributed by atoms with Crippen LogP contribution < -0.4 is 10.5 Å². The number of hydrogen-bond acceptors (Lipinski definition) is 3. The van der Waals surface area contributed by atoms with E-state index in [0.717, 1.165) is 40.9 Å². The Morgan fingerprint density at radius 1 is 1.43 bits per heavy atom. The summed E-state index contributed by atoms with van der Waals surface area (Å²) in [7, 11) is 0. The summed E-state index contributed by atoms with van der Waals surface area (Å²) in [5, 5.41) is 1.10. The third-order valence-corrected chi connectivity index (χ3v) is 4.03. The van der Waals surface area contributed by atoms with Gasteiger partial charge in [0.05, 0.1) is 0 Å². The molecule has 1 aromatic carbocycles. The van der Waals surface area contributed by atoms with E-state index in [9.17, 15) is 4.39 Å². The van der Waals surface area contributed by atoms with Gasteiger partial charge in [-0.25, -0.2) is 4.39 Å². The average molecular weight is 314 g/mol. The van der Waals surface area contributed by atoms with Crippen LogP contribution in [0.15, 0.2) is 22.6 Å². The molecule has 1 fully saturated rings. The highest BCUT2D eigenvalue weighted by atomic mass is 35.5. The number of alkyl halides is 1. The van der Waals surface area contributed by atoms with Crippen LogP contribution in [0, 0.1) is 5.92 Å². The summed E-state index contributed by atoms with van der Waals surface area (Å²) in [6.45, 7) is 2.37. The fourth-order valence-electron chi connectivity index (χ4n) is 2.86. The Morgan fingerprint density at radius 3 is 2.86 bits per heavy atom. The topological polar surface area (TPSA) is 48.4 Å². The molecule has 0 saturated heterocycles. The Kier molecular flexibility index (Phi) is 5.12. The fraction of sp³-hybridized carbons (Fsp3) is 0.500. The van der Waals surface area contributed by atoms with Crippen LogP contribution >= 0.6 is 12.4 Å². The molecule has 0 amide bonds. The minimum atomic E-state index is -0.478. The number of ether oxygens (including phenoxy) is 1. The second-order valence-electron chi connectivity index (χ2n) is 5.33. The lowest BCUT2D eigenvalue weighted by Gasteiger charge is -2.11. The zero-order valence-electron chi connectivity index (χ0n) is 12.1. The van der Waals surface area contributed by atoms with Gasteiger partial charge in [0.2, 0.25) is 0 Å². The molecule has 116 valence electrons. The number of benzene rings is 1. The molecule has 1 aromatic heterocycles. The lowest BCUT2D eigenvalue weighted by molar-refractivity contribution is 0.271. The second-order valence-corrected chi connectivity index (χ2v) is 5.33. The van der Waals surface area contributed by atoms with Gasteiger partial charge in [0.15, 0.2) is 0 Å². The fourth-order valence-corrected chi connectivity index (χ4v) is 2.86.